The molecular formula is C12H21N5O2. The Bertz CT molecular complexity index is 396. The maximum absolute atomic E-state index is 5.94. The van der Waals surface area contributed by atoms with Crippen molar-refractivity contribution in [1.82, 2.24) is 14.9 Å². The molecule has 0 spiro atoms. The van der Waals surface area contributed by atoms with Gasteiger partial charge < -0.3 is 20.5 Å². The highest BCUT2D eigenvalue weighted by atomic mass is 16.5. The molecule has 0 amide bonds. The SMILES string of the molecule is CCOc1ncnc(NCCN2CCOCC2)c1N. The molecule has 7 nitrogen and oxygen atoms in total. The lowest BCUT2D eigenvalue weighted by Gasteiger charge is -2.26. The molecule has 106 valence electrons. The van der Waals surface area contributed by atoms with E-state index in [1.165, 1.54) is 6.33 Å². The zero-order valence-corrected chi connectivity index (χ0v) is 11.3. The van der Waals surface area contributed by atoms with Gasteiger partial charge in [-0.1, -0.05) is 0 Å². The van der Waals surface area contributed by atoms with E-state index in [2.05, 4.69) is 20.2 Å². The van der Waals surface area contributed by atoms with Crippen LogP contribution in [-0.4, -0.2) is 60.9 Å². The predicted octanol–water partition coefficient (Wildman–Crippen LogP) is 0.202. The van der Waals surface area contributed by atoms with Gasteiger partial charge >= 0.3 is 0 Å². The van der Waals surface area contributed by atoms with Crippen LogP contribution in [0.25, 0.3) is 0 Å². The number of nitrogens with one attached hydrogen (secondary N) is 1. The number of nitrogens with zero attached hydrogens (tertiary/aromatic N) is 3. The largest absolute Gasteiger partial charge is 0.476 e. The highest BCUT2D eigenvalue weighted by Crippen LogP contribution is 2.24. The van der Waals surface area contributed by atoms with Crippen LogP contribution in [0.2, 0.25) is 0 Å². The van der Waals surface area contributed by atoms with E-state index < -0.39 is 0 Å². The number of anilines is 2. The molecule has 0 unspecified atom stereocenters. The minimum absolute atomic E-state index is 0.436. The van der Waals surface area contributed by atoms with Crippen molar-refractivity contribution in [1.29, 1.82) is 0 Å². The average molecular weight is 267 g/mol. The lowest BCUT2D eigenvalue weighted by Crippen LogP contribution is -2.39. The molecule has 0 bridgehead atoms. The summed E-state index contributed by atoms with van der Waals surface area (Å²) in [6.45, 7) is 7.73. The first-order valence-corrected chi connectivity index (χ1v) is 6.58. The molecule has 1 fully saturated rings. The third-order valence-electron chi connectivity index (χ3n) is 2.95. The summed E-state index contributed by atoms with van der Waals surface area (Å²) >= 11 is 0. The van der Waals surface area contributed by atoms with Crippen LogP contribution in [0.15, 0.2) is 6.33 Å². The van der Waals surface area contributed by atoms with Crippen LogP contribution < -0.4 is 15.8 Å². The van der Waals surface area contributed by atoms with Gasteiger partial charge in [-0.2, -0.15) is 4.98 Å². The summed E-state index contributed by atoms with van der Waals surface area (Å²) in [7, 11) is 0. The van der Waals surface area contributed by atoms with Gasteiger partial charge in [-0.25, -0.2) is 4.98 Å². The zero-order chi connectivity index (χ0) is 13.5. The van der Waals surface area contributed by atoms with E-state index in [4.69, 9.17) is 15.2 Å². The molecule has 0 aromatic carbocycles. The monoisotopic (exact) mass is 267 g/mol. The smallest absolute Gasteiger partial charge is 0.242 e. The Morgan fingerprint density at radius 1 is 1.42 bits per heavy atom. The third kappa shape index (κ3) is 3.93. The van der Waals surface area contributed by atoms with E-state index in [1.54, 1.807) is 0 Å². The van der Waals surface area contributed by atoms with Crippen LogP contribution in [0.5, 0.6) is 5.88 Å². The van der Waals surface area contributed by atoms with Crippen LogP contribution in [0, 0.1) is 0 Å². The topological polar surface area (TPSA) is 85.5 Å². The van der Waals surface area contributed by atoms with Gasteiger partial charge in [0, 0.05) is 26.2 Å². The molecule has 2 heterocycles. The normalized spacial score (nSPS) is 16.3. The van der Waals surface area contributed by atoms with Gasteiger partial charge in [-0.15, -0.1) is 0 Å². The predicted molar refractivity (Wildman–Crippen MR) is 73.4 cm³/mol. The highest BCUT2D eigenvalue weighted by molar-refractivity contribution is 5.66. The number of nitrogen functional groups attached to an aromatic ring is 1. The van der Waals surface area contributed by atoms with Crippen molar-refractivity contribution in [3.05, 3.63) is 6.33 Å². The van der Waals surface area contributed by atoms with Crippen molar-refractivity contribution >= 4 is 11.5 Å². The van der Waals surface area contributed by atoms with Gasteiger partial charge in [-0.3, -0.25) is 4.90 Å². The lowest BCUT2D eigenvalue weighted by atomic mass is 10.4. The average Bonchev–Trinajstić information content (AvgIpc) is 2.44. The molecular weight excluding hydrogens is 246 g/mol. The van der Waals surface area contributed by atoms with Crippen molar-refractivity contribution in [2.75, 3.05) is 57.1 Å². The molecule has 0 atom stereocenters. The Kier molecular flexibility index (Phi) is 5.17. The molecule has 1 aliphatic rings. The molecule has 0 aliphatic carbocycles. The number of rotatable bonds is 6. The first kappa shape index (κ1) is 13.8. The quantitative estimate of drug-likeness (QED) is 0.761. The maximum Gasteiger partial charge on any atom is 0.242 e. The molecule has 1 aromatic heterocycles. The molecule has 0 saturated carbocycles. The molecule has 19 heavy (non-hydrogen) atoms. The van der Waals surface area contributed by atoms with Crippen LogP contribution in [0.4, 0.5) is 11.5 Å². The molecule has 1 aliphatic heterocycles. The molecule has 1 saturated heterocycles. The summed E-state index contributed by atoms with van der Waals surface area (Å²) in [6.07, 6.45) is 1.46. The molecule has 7 heteroatoms. The summed E-state index contributed by atoms with van der Waals surface area (Å²) in [6, 6.07) is 0. The third-order valence-corrected chi connectivity index (χ3v) is 2.95. The number of morpholine rings is 1. The van der Waals surface area contributed by atoms with Crippen LogP contribution in [0.1, 0.15) is 6.92 Å². The Morgan fingerprint density at radius 2 is 2.21 bits per heavy atom. The van der Waals surface area contributed by atoms with Crippen molar-refractivity contribution < 1.29 is 9.47 Å². The molecule has 1 aromatic rings. The number of nitrogens with two attached hydrogens (primary N) is 1. The number of hydrogen-bond donors (Lipinski definition) is 2. The first-order chi connectivity index (χ1) is 9.31. The van der Waals surface area contributed by atoms with Gasteiger partial charge in [0.2, 0.25) is 5.88 Å². The van der Waals surface area contributed by atoms with Crippen LogP contribution in [0.3, 0.4) is 0 Å². The van der Waals surface area contributed by atoms with Crippen molar-refractivity contribution in [3.8, 4) is 5.88 Å². The molecule has 3 N–H and O–H groups in total. The van der Waals surface area contributed by atoms with Crippen molar-refractivity contribution in [2.45, 2.75) is 6.92 Å². The lowest BCUT2D eigenvalue weighted by molar-refractivity contribution is 0.0398. The van der Waals surface area contributed by atoms with Gasteiger partial charge in [0.25, 0.3) is 0 Å². The van der Waals surface area contributed by atoms with E-state index >= 15 is 0 Å². The summed E-state index contributed by atoms with van der Waals surface area (Å²) in [4.78, 5) is 10.5. The van der Waals surface area contributed by atoms with E-state index in [-0.39, 0.29) is 0 Å². The van der Waals surface area contributed by atoms with E-state index in [1.807, 2.05) is 6.92 Å². The summed E-state index contributed by atoms with van der Waals surface area (Å²) in [5.41, 5.74) is 6.41. The van der Waals surface area contributed by atoms with E-state index in [0.29, 0.717) is 24.0 Å². The minimum Gasteiger partial charge on any atom is -0.476 e. The summed E-state index contributed by atoms with van der Waals surface area (Å²) in [5.74, 6) is 1.07. The standard InChI is InChI=1S/C12H21N5O2/c1-2-19-12-10(13)11(15-9-16-12)14-3-4-17-5-7-18-8-6-17/h9H,2-8,13H2,1H3,(H,14,15,16). The number of aromatic nitrogens is 2. The van der Waals surface area contributed by atoms with E-state index in [9.17, 15) is 0 Å². The summed E-state index contributed by atoms with van der Waals surface area (Å²) in [5, 5.41) is 3.22. The van der Waals surface area contributed by atoms with Crippen molar-refractivity contribution in [2.24, 2.45) is 0 Å². The fourth-order valence-electron chi connectivity index (χ4n) is 1.93. The van der Waals surface area contributed by atoms with Crippen molar-refractivity contribution in [3.63, 3.8) is 0 Å². The Balaban J connectivity index is 1.83. The Labute approximate surface area is 113 Å². The van der Waals surface area contributed by atoms with Gasteiger partial charge in [-0.05, 0) is 6.92 Å². The second-order valence-corrected chi connectivity index (χ2v) is 4.25. The highest BCUT2D eigenvalue weighted by Gasteiger charge is 2.11. The Hall–Kier alpha value is -1.60. The Morgan fingerprint density at radius 3 is 2.95 bits per heavy atom. The second-order valence-electron chi connectivity index (χ2n) is 4.25. The summed E-state index contributed by atoms with van der Waals surface area (Å²) < 4.78 is 10.6. The van der Waals surface area contributed by atoms with Crippen LogP contribution >= 0.6 is 0 Å². The van der Waals surface area contributed by atoms with Gasteiger partial charge in [0.15, 0.2) is 5.82 Å². The fraction of sp³-hybridized carbons (Fsp3) is 0.667. The number of hydrogen-bond acceptors (Lipinski definition) is 7. The minimum atomic E-state index is 0.436. The van der Waals surface area contributed by atoms with E-state index in [0.717, 1.165) is 39.4 Å². The second kappa shape index (κ2) is 7.10. The van der Waals surface area contributed by atoms with Gasteiger partial charge in [0.05, 0.1) is 19.8 Å². The first-order valence-electron chi connectivity index (χ1n) is 6.58. The fourth-order valence-corrected chi connectivity index (χ4v) is 1.93. The van der Waals surface area contributed by atoms with Crippen LogP contribution in [-0.2, 0) is 4.74 Å². The maximum atomic E-state index is 5.94. The zero-order valence-electron chi connectivity index (χ0n) is 11.3. The molecule has 0 radical (unpaired) electrons. The molecule has 2 rings (SSSR count). The number of ether oxygens (including phenoxy) is 2. The van der Waals surface area contributed by atoms with Gasteiger partial charge in [0.1, 0.15) is 12.0 Å².